The number of ether oxygens (including phenoxy) is 2. The predicted molar refractivity (Wildman–Crippen MR) is 113 cm³/mol. The molecule has 9 heteroatoms. The van der Waals surface area contributed by atoms with E-state index < -0.39 is 11.8 Å². The lowest BCUT2D eigenvalue weighted by molar-refractivity contribution is -0.123. The van der Waals surface area contributed by atoms with E-state index in [2.05, 4.69) is 39.0 Å². The lowest BCUT2D eigenvalue weighted by Gasteiger charge is -2.12. The lowest BCUT2D eigenvalue weighted by Crippen LogP contribution is -2.49. The van der Waals surface area contributed by atoms with E-state index in [0.29, 0.717) is 17.1 Å². The molecule has 2 aromatic rings. The number of methoxy groups -OCH3 is 1. The van der Waals surface area contributed by atoms with E-state index in [-0.39, 0.29) is 11.7 Å². The van der Waals surface area contributed by atoms with E-state index in [0.717, 1.165) is 16.5 Å². The van der Waals surface area contributed by atoms with Crippen molar-refractivity contribution in [3.05, 3.63) is 58.1 Å². The fourth-order valence-electron chi connectivity index (χ4n) is 2.14. The standard InChI is InChI=1S/C19H20BrN3O4S/c1-3-12-4-9-16(15(20)10-12)27-11-17(24)22-23-19(28)21-18(25)13-5-7-14(26-2)8-6-13/h4-10H,3,11H2,1-2H3,(H,22,24)(H2,21,23,25,28). The Morgan fingerprint density at radius 1 is 1.11 bits per heavy atom. The third-order valence-electron chi connectivity index (χ3n) is 3.66. The van der Waals surface area contributed by atoms with Gasteiger partial charge >= 0.3 is 0 Å². The van der Waals surface area contributed by atoms with Crippen LogP contribution in [0.3, 0.4) is 0 Å². The number of hydrazine groups is 1. The zero-order valence-corrected chi connectivity index (χ0v) is 17.8. The van der Waals surface area contributed by atoms with Gasteiger partial charge in [0, 0.05) is 5.56 Å². The molecule has 148 valence electrons. The van der Waals surface area contributed by atoms with Gasteiger partial charge in [-0.2, -0.15) is 0 Å². The van der Waals surface area contributed by atoms with Gasteiger partial charge in [0.2, 0.25) is 0 Å². The minimum atomic E-state index is -0.451. The SMILES string of the molecule is CCc1ccc(OCC(=O)NNC(=S)NC(=O)c2ccc(OC)cc2)c(Br)c1. The Balaban J connectivity index is 1.75. The molecule has 0 aliphatic heterocycles. The molecule has 7 nitrogen and oxygen atoms in total. The number of amides is 2. The van der Waals surface area contributed by atoms with Crippen LogP contribution < -0.4 is 25.6 Å². The van der Waals surface area contributed by atoms with Gasteiger partial charge in [0.1, 0.15) is 11.5 Å². The van der Waals surface area contributed by atoms with E-state index in [1.54, 1.807) is 37.4 Å². The Hall–Kier alpha value is -2.65. The summed E-state index contributed by atoms with van der Waals surface area (Å²) in [6, 6.07) is 12.2. The van der Waals surface area contributed by atoms with E-state index in [4.69, 9.17) is 21.7 Å². The highest BCUT2D eigenvalue weighted by atomic mass is 79.9. The van der Waals surface area contributed by atoms with Gasteiger partial charge in [0.05, 0.1) is 11.6 Å². The van der Waals surface area contributed by atoms with Crippen LogP contribution in [0.25, 0.3) is 0 Å². The molecule has 0 aliphatic rings. The Morgan fingerprint density at radius 2 is 1.82 bits per heavy atom. The molecule has 0 unspecified atom stereocenters. The number of rotatable bonds is 6. The van der Waals surface area contributed by atoms with Gasteiger partial charge in [0.25, 0.3) is 11.8 Å². The zero-order chi connectivity index (χ0) is 20.5. The first-order valence-electron chi connectivity index (χ1n) is 8.38. The Kier molecular flexibility index (Phi) is 8.21. The van der Waals surface area contributed by atoms with Crippen molar-refractivity contribution in [1.82, 2.24) is 16.2 Å². The lowest BCUT2D eigenvalue weighted by atomic mass is 10.2. The number of aryl methyl sites for hydroxylation is 1. The normalized spacial score (nSPS) is 9.96. The molecule has 0 fully saturated rings. The first-order valence-corrected chi connectivity index (χ1v) is 9.58. The maximum atomic E-state index is 12.1. The molecule has 0 saturated heterocycles. The fraction of sp³-hybridized carbons (Fsp3) is 0.211. The van der Waals surface area contributed by atoms with Gasteiger partial charge in [-0.15, -0.1) is 0 Å². The molecule has 0 saturated carbocycles. The van der Waals surface area contributed by atoms with Crippen molar-refractivity contribution in [1.29, 1.82) is 0 Å². The minimum absolute atomic E-state index is 0.0392. The maximum Gasteiger partial charge on any atom is 0.276 e. The summed E-state index contributed by atoms with van der Waals surface area (Å²) < 4.78 is 11.3. The maximum absolute atomic E-state index is 12.1. The van der Waals surface area contributed by atoms with Crippen LogP contribution in [0.5, 0.6) is 11.5 Å². The second-order valence-corrected chi connectivity index (χ2v) is 6.85. The molecule has 0 aliphatic carbocycles. The van der Waals surface area contributed by atoms with Crippen molar-refractivity contribution < 1.29 is 19.1 Å². The third kappa shape index (κ3) is 6.50. The van der Waals surface area contributed by atoms with Gasteiger partial charge in [0.15, 0.2) is 11.7 Å². The number of nitrogens with one attached hydrogen (secondary N) is 3. The molecule has 0 aromatic heterocycles. The molecule has 2 rings (SSSR count). The number of hydrogen-bond donors (Lipinski definition) is 3. The van der Waals surface area contributed by atoms with Crippen molar-refractivity contribution in [2.45, 2.75) is 13.3 Å². The summed E-state index contributed by atoms with van der Waals surface area (Å²) in [6.07, 6.45) is 0.906. The van der Waals surface area contributed by atoms with Crippen molar-refractivity contribution in [3.8, 4) is 11.5 Å². The summed E-state index contributed by atoms with van der Waals surface area (Å²) in [5, 5.41) is 2.42. The van der Waals surface area contributed by atoms with Crippen molar-refractivity contribution in [2.75, 3.05) is 13.7 Å². The minimum Gasteiger partial charge on any atom is -0.497 e. The number of benzene rings is 2. The molecular weight excluding hydrogens is 446 g/mol. The Bertz CT molecular complexity index is 859. The van der Waals surface area contributed by atoms with Crippen LogP contribution in [-0.4, -0.2) is 30.6 Å². The second kappa shape index (κ2) is 10.6. The number of halogens is 1. The predicted octanol–water partition coefficient (Wildman–Crippen LogP) is 2.73. The first-order chi connectivity index (χ1) is 13.4. The van der Waals surface area contributed by atoms with E-state index in [1.165, 1.54) is 0 Å². The zero-order valence-electron chi connectivity index (χ0n) is 15.4. The van der Waals surface area contributed by atoms with Crippen LogP contribution in [-0.2, 0) is 11.2 Å². The largest absolute Gasteiger partial charge is 0.497 e. The summed E-state index contributed by atoms with van der Waals surface area (Å²) >= 11 is 8.40. The molecule has 2 amide bonds. The summed E-state index contributed by atoms with van der Waals surface area (Å²) in [7, 11) is 1.54. The average molecular weight is 466 g/mol. The third-order valence-corrected chi connectivity index (χ3v) is 4.48. The summed E-state index contributed by atoms with van der Waals surface area (Å²) in [5.74, 6) is 0.335. The molecule has 0 spiro atoms. The topological polar surface area (TPSA) is 88.7 Å². The van der Waals surface area contributed by atoms with Crippen LogP contribution in [0, 0.1) is 0 Å². The van der Waals surface area contributed by atoms with Gasteiger partial charge < -0.3 is 9.47 Å². The molecule has 0 heterocycles. The van der Waals surface area contributed by atoms with E-state index in [1.807, 2.05) is 12.1 Å². The van der Waals surface area contributed by atoms with Crippen LogP contribution in [0.1, 0.15) is 22.8 Å². The van der Waals surface area contributed by atoms with Crippen molar-refractivity contribution in [3.63, 3.8) is 0 Å². The number of carbonyl (C=O) groups is 2. The first kappa shape index (κ1) is 21.6. The summed E-state index contributed by atoms with van der Waals surface area (Å²) in [6.45, 7) is 1.84. The highest BCUT2D eigenvalue weighted by Crippen LogP contribution is 2.26. The van der Waals surface area contributed by atoms with Crippen LogP contribution in [0.4, 0.5) is 0 Å². The number of carbonyl (C=O) groups excluding carboxylic acids is 2. The smallest absolute Gasteiger partial charge is 0.276 e. The summed E-state index contributed by atoms with van der Waals surface area (Å²) in [4.78, 5) is 24.0. The Labute approximate surface area is 176 Å². The monoisotopic (exact) mass is 465 g/mol. The molecule has 2 aromatic carbocycles. The molecule has 28 heavy (non-hydrogen) atoms. The Morgan fingerprint density at radius 3 is 2.43 bits per heavy atom. The highest BCUT2D eigenvalue weighted by Gasteiger charge is 2.10. The average Bonchev–Trinajstić information content (AvgIpc) is 2.71. The quantitative estimate of drug-likeness (QED) is 0.448. The van der Waals surface area contributed by atoms with Crippen LogP contribution in [0.15, 0.2) is 46.9 Å². The highest BCUT2D eigenvalue weighted by molar-refractivity contribution is 9.10. The van der Waals surface area contributed by atoms with Crippen molar-refractivity contribution >= 4 is 45.1 Å². The van der Waals surface area contributed by atoms with Gasteiger partial charge in [-0.05, 0) is 76.5 Å². The molecular formula is C19H20BrN3O4S. The van der Waals surface area contributed by atoms with Crippen LogP contribution >= 0.6 is 28.1 Å². The summed E-state index contributed by atoms with van der Waals surface area (Å²) in [5.41, 5.74) is 6.38. The van der Waals surface area contributed by atoms with E-state index in [9.17, 15) is 9.59 Å². The van der Waals surface area contributed by atoms with Crippen molar-refractivity contribution in [2.24, 2.45) is 0 Å². The van der Waals surface area contributed by atoms with Gasteiger partial charge in [-0.3, -0.25) is 25.8 Å². The number of hydrogen-bond acceptors (Lipinski definition) is 5. The number of thiocarbonyl (C=S) groups is 1. The molecule has 0 bridgehead atoms. The molecule has 3 N–H and O–H groups in total. The second-order valence-electron chi connectivity index (χ2n) is 5.59. The van der Waals surface area contributed by atoms with Gasteiger partial charge in [-0.25, -0.2) is 0 Å². The van der Waals surface area contributed by atoms with E-state index >= 15 is 0 Å². The van der Waals surface area contributed by atoms with Crippen LogP contribution in [0.2, 0.25) is 0 Å². The molecule has 0 radical (unpaired) electrons. The fourth-order valence-corrected chi connectivity index (χ4v) is 2.82. The molecule has 0 atom stereocenters. The van der Waals surface area contributed by atoms with Gasteiger partial charge in [-0.1, -0.05) is 13.0 Å².